The highest BCUT2D eigenvalue weighted by Gasteiger charge is 2.25. The molecule has 2 aromatic rings. The van der Waals surface area contributed by atoms with Crippen LogP contribution in [0.2, 0.25) is 5.02 Å². The normalized spacial score (nSPS) is 14.9. The molecule has 0 spiro atoms. The minimum atomic E-state index is -0.666. The highest BCUT2D eigenvalue weighted by Crippen LogP contribution is 2.30. The summed E-state index contributed by atoms with van der Waals surface area (Å²) in [7, 11) is 0. The average Bonchev–Trinajstić information content (AvgIpc) is 3.32. The molecule has 0 saturated carbocycles. The van der Waals surface area contributed by atoms with Gasteiger partial charge < -0.3 is 19.4 Å². The van der Waals surface area contributed by atoms with E-state index in [2.05, 4.69) is 5.32 Å². The van der Waals surface area contributed by atoms with Gasteiger partial charge in [-0.2, -0.15) is 0 Å². The monoisotopic (exact) mass is 390 g/mol. The minimum absolute atomic E-state index is 0.0336. The lowest BCUT2D eigenvalue weighted by Crippen LogP contribution is -2.31. The Morgan fingerprint density at radius 2 is 2.19 bits per heavy atom. The molecule has 1 aliphatic rings. The Kier molecular flexibility index (Phi) is 5.81. The molecule has 2 heterocycles. The van der Waals surface area contributed by atoms with E-state index < -0.39 is 18.5 Å². The van der Waals surface area contributed by atoms with Crippen LogP contribution in [0.1, 0.15) is 41.9 Å². The number of halogens is 1. The average molecular weight is 391 g/mol. The molecular weight excluding hydrogens is 372 g/mol. The largest absolute Gasteiger partial charge is 0.467 e. The Balaban J connectivity index is 1.59. The molecule has 1 aliphatic heterocycles. The zero-order chi connectivity index (χ0) is 19.4. The van der Waals surface area contributed by atoms with Gasteiger partial charge >= 0.3 is 5.97 Å². The van der Waals surface area contributed by atoms with E-state index in [1.807, 2.05) is 0 Å². The summed E-state index contributed by atoms with van der Waals surface area (Å²) in [6.07, 6.45) is 2.72. The molecule has 0 aliphatic carbocycles. The van der Waals surface area contributed by atoms with Crippen LogP contribution in [-0.4, -0.2) is 30.9 Å². The molecule has 3 rings (SSSR count). The van der Waals surface area contributed by atoms with E-state index >= 15 is 0 Å². The summed E-state index contributed by atoms with van der Waals surface area (Å²) in [6, 6.07) is 7.68. The number of carbonyl (C=O) groups is 3. The van der Waals surface area contributed by atoms with Crippen molar-refractivity contribution in [3.8, 4) is 0 Å². The molecule has 2 amide bonds. The number of nitrogens with zero attached hydrogens (tertiary/aromatic N) is 1. The van der Waals surface area contributed by atoms with Crippen LogP contribution in [0.3, 0.4) is 0 Å². The van der Waals surface area contributed by atoms with E-state index in [9.17, 15) is 14.4 Å². The van der Waals surface area contributed by atoms with Crippen molar-refractivity contribution in [2.24, 2.45) is 0 Å². The maximum Gasteiger partial charge on any atom is 0.338 e. The summed E-state index contributed by atoms with van der Waals surface area (Å²) in [4.78, 5) is 37.7. The van der Waals surface area contributed by atoms with E-state index in [4.69, 9.17) is 20.8 Å². The summed E-state index contributed by atoms with van der Waals surface area (Å²) in [5, 5.41) is 3.06. The van der Waals surface area contributed by atoms with E-state index in [-0.39, 0.29) is 17.5 Å². The smallest absolute Gasteiger partial charge is 0.338 e. The van der Waals surface area contributed by atoms with Crippen molar-refractivity contribution >= 4 is 35.1 Å². The third-order valence-electron chi connectivity index (χ3n) is 4.23. The molecule has 0 unspecified atom stereocenters. The topological polar surface area (TPSA) is 88.9 Å². The lowest BCUT2D eigenvalue weighted by atomic mass is 10.2. The Labute approximate surface area is 161 Å². The van der Waals surface area contributed by atoms with Crippen molar-refractivity contribution in [1.29, 1.82) is 0 Å². The predicted molar refractivity (Wildman–Crippen MR) is 98.6 cm³/mol. The Morgan fingerprint density at radius 3 is 2.85 bits per heavy atom. The van der Waals surface area contributed by atoms with E-state index in [0.717, 1.165) is 6.42 Å². The summed E-state index contributed by atoms with van der Waals surface area (Å²) in [5.41, 5.74) is 0.700. The van der Waals surface area contributed by atoms with Crippen molar-refractivity contribution in [2.75, 3.05) is 18.1 Å². The van der Waals surface area contributed by atoms with Gasteiger partial charge in [-0.15, -0.1) is 0 Å². The van der Waals surface area contributed by atoms with Gasteiger partial charge in [-0.25, -0.2) is 4.79 Å². The van der Waals surface area contributed by atoms with Gasteiger partial charge in [0.2, 0.25) is 5.91 Å². The van der Waals surface area contributed by atoms with Gasteiger partial charge in [0.1, 0.15) is 5.76 Å². The van der Waals surface area contributed by atoms with Crippen LogP contribution < -0.4 is 10.2 Å². The molecule has 0 bridgehead atoms. The third-order valence-corrected chi connectivity index (χ3v) is 4.55. The Bertz CT molecular complexity index is 850. The minimum Gasteiger partial charge on any atom is -0.467 e. The number of nitrogens with one attached hydrogen (secondary N) is 1. The second-order valence-electron chi connectivity index (χ2n) is 6.20. The lowest BCUT2D eigenvalue weighted by Gasteiger charge is -2.18. The number of amides is 2. The number of furan rings is 1. The highest BCUT2D eigenvalue weighted by molar-refractivity contribution is 6.34. The lowest BCUT2D eigenvalue weighted by molar-refractivity contribution is -0.125. The SMILES string of the molecule is C[C@@H](NC(=O)COC(=O)c1ccc(Cl)c(N2CCCC2=O)c1)c1ccco1. The van der Waals surface area contributed by atoms with Gasteiger partial charge in [0.25, 0.3) is 5.91 Å². The molecular formula is C19H19ClN2O5. The van der Waals surface area contributed by atoms with Crippen molar-refractivity contribution in [1.82, 2.24) is 5.32 Å². The maximum absolute atomic E-state index is 12.3. The van der Waals surface area contributed by atoms with Gasteiger partial charge in [0.15, 0.2) is 6.61 Å². The quantitative estimate of drug-likeness (QED) is 0.765. The van der Waals surface area contributed by atoms with Gasteiger partial charge in [0.05, 0.1) is 28.6 Å². The number of esters is 1. The van der Waals surface area contributed by atoms with Crippen LogP contribution in [0.25, 0.3) is 0 Å². The summed E-state index contributed by atoms with van der Waals surface area (Å²) < 4.78 is 10.3. The second kappa shape index (κ2) is 8.26. The summed E-state index contributed by atoms with van der Waals surface area (Å²) in [6.45, 7) is 1.89. The molecule has 1 aromatic carbocycles. The maximum atomic E-state index is 12.3. The molecule has 27 heavy (non-hydrogen) atoms. The summed E-state index contributed by atoms with van der Waals surface area (Å²) in [5.74, 6) is -0.544. The van der Waals surface area contributed by atoms with Crippen LogP contribution >= 0.6 is 11.6 Å². The summed E-state index contributed by atoms with van der Waals surface area (Å²) >= 11 is 6.16. The van der Waals surface area contributed by atoms with Gasteiger partial charge in [-0.3, -0.25) is 9.59 Å². The fraction of sp³-hybridized carbons (Fsp3) is 0.316. The number of benzene rings is 1. The molecule has 8 heteroatoms. The molecule has 1 fully saturated rings. The standard InChI is InChI=1S/C19H19ClN2O5/c1-12(16-4-3-9-26-16)21-17(23)11-27-19(25)13-6-7-14(20)15(10-13)22-8-2-5-18(22)24/h3-4,6-7,9-10,12H,2,5,8,11H2,1H3,(H,21,23)/t12-/m1/s1. The first-order valence-electron chi connectivity index (χ1n) is 8.55. The van der Waals surface area contributed by atoms with E-state index in [1.54, 1.807) is 24.0 Å². The number of hydrogen-bond donors (Lipinski definition) is 1. The van der Waals surface area contributed by atoms with Crippen LogP contribution in [-0.2, 0) is 14.3 Å². The molecule has 7 nitrogen and oxygen atoms in total. The second-order valence-corrected chi connectivity index (χ2v) is 6.60. The van der Waals surface area contributed by atoms with E-state index in [0.29, 0.717) is 29.4 Å². The molecule has 0 radical (unpaired) electrons. The highest BCUT2D eigenvalue weighted by atomic mass is 35.5. The first-order valence-corrected chi connectivity index (χ1v) is 8.93. The van der Waals surface area contributed by atoms with E-state index in [1.165, 1.54) is 24.5 Å². The van der Waals surface area contributed by atoms with Crippen molar-refractivity contribution in [3.05, 3.63) is 52.9 Å². The fourth-order valence-electron chi connectivity index (χ4n) is 2.86. The van der Waals surface area contributed by atoms with Crippen molar-refractivity contribution in [3.63, 3.8) is 0 Å². The Morgan fingerprint density at radius 1 is 1.37 bits per heavy atom. The zero-order valence-corrected chi connectivity index (χ0v) is 15.5. The number of rotatable bonds is 6. The molecule has 1 saturated heterocycles. The van der Waals surface area contributed by atoms with Gasteiger partial charge in [-0.05, 0) is 43.7 Å². The molecule has 1 N–H and O–H groups in total. The molecule has 142 valence electrons. The number of carbonyl (C=O) groups excluding carboxylic acids is 3. The van der Waals surface area contributed by atoms with Crippen LogP contribution in [0.15, 0.2) is 41.0 Å². The van der Waals surface area contributed by atoms with Gasteiger partial charge in [-0.1, -0.05) is 11.6 Å². The van der Waals surface area contributed by atoms with Crippen LogP contribution in [0, 0.1) is 0 Å². The molecule has 1 atom stereocenters. The Hall–Kier alpha value is -2.80. The molecule has 1 aromatic heterocycles. The number of anilines is 1. The predicted octanol–water partition coefficient (Wildman–Crippen LogP) is 3.09. The van der Waals surface area contributed by atoms with Crippen molar-refractivity contribution < 1.29 is 23.5 Å². The van der Waals surface area contributed by atoms with Crippen LogP contribution in [0.4, 0.5) is 5.69 Å². The zero-order valence-electron chi connectivity index (χ0n) is 14.7. The van der Waals surface area contributed by atoms with Gasteiger partial charge in [0, 0.05) is 13.0 Å². The van der Waals surface area contributed by atoms with Crippen molar-refractivity contribution in [2.45, 2.75) is 25.8 Å². The first-order chi connectivity index (χ1) is 13.0. The third kappa shape index (κ3) is 4.49. The number of hydrogen-bond acceptors (Lipinski definition) is 5. The fourth-order valence-corrected chi connectivity index (χ4v) is 3.08. The first kappa shape index (κ1) is 19.0. The number of ether oxygens (including phenoxy) is 1. The van der Waals surface area contributed by atoms with Crippen LogP contribution in [0.5, 0.6) is 0 Å².